The molecule has 1 amide bonds. The number of nitriles is 1. The van der Waals surface area contributed by atoms with Crippen LogP contribution in [0.2, 0.25) is 0 Å². The Morgan fingerprint density at radius 2 is 1.93 bits per heavy atom. The van der Waals surface area contributed by atoms with Crippen molar-refractivity contribution in [2.24, 2.45) is 0 Å². The number of aromatic nitrogens is 1. The maximum Gasteiger partial charge on any atom is 0.237 e. The number of nitrogens with one attached hydrogen (secondary N) is 1. The van der Waals surface area contributed by atoms with E-state index in [1.54, 1.807) is 6.92 Å². The predicted octanol–water partition coefficient (Wildman–Crippen LogP) is 4.87. The average Bonchev–Trinajstić information content (AvgIpc) is 2.64. The molecule has 4 nitrogen and oxygen atoms in total. The van der Waals surface area contributed by atoms with Gasteiger partial charge in [-0.15, -0.1) is 0 Å². The molecule has 140 valence electrons. The molecule has 0 aliphatic heterocycles. The van der Waals surface area contributed by atoms with Crippen molar-refractivity contribution in [3.63, 3.8) is 0 Å². The highest BCUT2D eigenvalue weighted by Gasteiger charge is 2.20. The van der Waals surface area contributed by atoms with Crippen molar-refractivity contribution in [1.82, 2.24) is 4.98 Å². The van der Waals surface area contributed by atoms with Gasteiger partial charge in [-0.2, -0.15) is 5.26 Å². The van der Waals surface area contributed by atoms with Gasteiger partial charge in [0.2, 0.25) is 5.91 Å². The van der Waals surface area contributed by atoms with E-state index in [0.29, 0.717) is 16.3 Å². The van der Waals surface area contributed by atoms with E-state index in [-0.39, 0.29) is 11.7 Å². The van der Waals surface area contributed by atoms with Gasteiger partial charge in [-0.3, -0.25) is 4.79 Å². The molecule has 1 aromatic heterocycles. The van der Waals surface area contributed by atoms with E-state index in [1.807, 2.05) is 6.07 Å². The number of amides is 1. The molecule has 1 aliphatic rings. The first-order valence-corrected chi connectivity index (χ1v) is 10.1. The summed E-state index contributed by atoms with van der Waals surface area (Å²) in [7, 11) is 0. The number of pyridine rings is 1. The topological polar surface area (TPSA) is 65.8 Å². The third kappa shape index (κ3) is 5.08. The maximum absolute atomic E-state index is 13.0. The second-order valence-corrected chi connectivity index (χ2v) is 8.06. The molecular formula is C21H22FN3OS. The summed E-state index contributed by atoms with van der Waals surface area (Å²) in [6.45, 7) is 1.78. The average molecular weight is 383 g/mol. The highest BCUT2D eigenvalue weighted by atomic mass is 32.2. The molecule has 2 aromatic rings. The SMILES string of the molecule is CC(Sc1nc2c(cc1C#N)CCCCCC2)C(=O)Nc1ccc(F)cc1. The van der Waals surface area contributed by atoms with Gasteiger partial charge in [0.25, 0.3) is 0 Å². The summed E-state index contributed by atoms with van der Waals surface area (Å²) in [6, 6.07) is 9.82. The van der Waals surface area contributed by atoms with Crippen molar-refractivity contribution in [3.8, 4) is 6.07 Å². The Hall–Kier alpha value is -2.39. The first-order chi connectivity index (χ1) is 13.1. The number of hydrogen-bond acceptors (Lipinski definition) is 4. The van der Waals surface area contributed by atoms with Crippen LogP contribution in [0.5, 0.6) is 0 Å². The van der Waals surface area contributed by atoms with Crippen LogP contribution >= 0.6 is 11.8 Å². The zero-order valence-electron chi connectivity index (χ0n) is 15.3. The van der Waals surface area contributed by atoms with Crippen molar-refractivity contribution in [2.75, 3.05) is 5.32 Å². The van der Waals surface area contributed by atoms with Crippen molar-refractivity contribution in [1.29, 1.82) is 5.26 Å². The molecule has 1 N–H and O–H groups in total. The molecule has 3 rings (SSSR count). The summed E-state index contributed by atoms with van der Waals surface area (Å²) in [6.07, 6.45) is 6.55. The minimum atomic E-state index is -0.429. The zero-order valence-corrected chi connectivity index (χ0v) is 16.1. The molecule has 0 spiro atoms. The number of benzene rings is 1. The first-order valence-electron chi connectivity index (χ1n) is 9.23. The number of fused-ring (bicyclic) bond motifs is 1. The molecule has 27 heavy (non-hydrogen) atoms. The van der Waals surface area contributed by atoms with Gasteiger partial charge in [0.05, 0.1) is 10.8 Å². The lowest BCUT2D eigenvalue weighted by Crippen LogP contribution is -2.22. The van der Waals surface area contributed by atoms with Gasteiger partial charge in [0, 0.05) is 11.4 Å². The summed E-state index contributed by atoms with van der Waals surface area (Å²) >= 11 is 1.29. The highest BCUT2D eigenvalue weighted by Crippen LogP contribution is 2.29. The number of carbonyl (C=O) groups excluding carboxylic acids is 1. The Morgan fingerprint density at radius 3 is 2.63 bits per heavy atom. The molecule has 1 aromatic carbocycles. The lowest BCUT2D eigenvalue weighted by atomic mass is 9.96. The number of thioether (sulfide) groups is 1. The van der Waals surface area contributed by atoms with Crippen LogP contribution in [-0.2, 0) is 17.6 Å². The summed E-state index contributed by atoms with van der Waals surface area (Å²) in [5.41, 5.74) is 3.29. The fraction of sp³-hybridized carbons (Fsp3) is 0.381. The lowest BCUT2D eigenvalue weighted by molar-refractivity contribution is -0.115. The molecule has 1 atom stereocenters. The minimum Gasteiger partial charge on any atom is -0.325 e. The zero-order chi connectivity index (χ0) is 19.2. The van der Waals surface area contributed by atoms with E-state index >= 15 is 0 Å². The van der Waals surface area contributed by atoms with Crippen LogP contribution in [0.25, 0.3) is 0 Å². The van der Waals surface area contributed by atoms with E-state index in [0.717, 1.165) is 31.4 Å². The summed E-state index contributed by atoms with van der Waals surface area (Å²) < 4.78 is 13.0. The molecule has 0 saturated heterocycles. The van der Waals surface area contributed by atoms with Gasteiger partial charge in [0.1, 0.15) is 16.9 Å². The molecule has 1 aliphatic carbocycles. The van der Waals surface area contributed by atoms with E-state index in [2.05, 4.69) is 11.4 Å². The molecular weight excluding hydrogens is 361 g/mol. The van der Waals surface area contributed by atoms with Gasteiger partial charge < -0.3 is 5.32 Å². The number of carbonyl (C=O) groups is 1. The van der Waals surface area contributed by atoms with E-state index < -0.39 is 5.25 Å². The van der Waals surface area contributed by atoms with Gasteiger partial charge in [-0.05, 0) is 68.5 Å². The molecule has 1 unspecified atom stereocenters. The normalized spacial score (nSPS) is 15.0. The fourth-order valence-electron chi connectivity index (χ4n) is 3.14. The number of rotatable bonds is 4. The van der Waals surface area contributed by atoms with Crippen molar-refractivity contribution < 1.29 is 9.18 Å². The Labute approximate surface area is 163 Å². The monoisotopic (exact) mass is 383 g/mol. The summed E-state index contributed by atoms with van der Waals surface area (Å²) in [4.78, 5) is 17.2. The Kier molecular flexibility index (Phi) is 6.46. The molecule has 0 saturated carbocycles. The van der Waals surface area contributed by atoms with Gasteiger partial charge in [0.15, 0.2) is 0 Å². The highest BCUT2D eigenvalue weighted by molar-refractivity contribution is 8.00. The Morgan fingerprint density at radius 1 is 1.22 bits per heavy atom. The van der Waals surface area contributed by atoms with Gasteiger partial charge in [-0.25, -0.2) is 9.37 Å². The Balaban J connectivity index is 1.75. The first kappa shape index (κ1) is 19.4. The van der Waals surface area contributed by atoms with Crippen LogP contribution in [0.15, 0.2) is 35.4 Å². The van der Waals surface area contributed by atoms with E-state index in [1.165, 1.54) is 54.4 Å². The number of anilines is 1. The lowest BCUT2D eigenvalue weighted by Gasteiger charge is -2.17. The van der Waals surface area contributed by atoms with Crippen molar-refractivity contribution >= 4 is 23.4 Å². The second kappa shape index (κ2) is 9.01. The minimum absolute atomic E-state index is 0.205. The van der Waals surface area contributed by atoms with Crippen molar-refractivity contribution in [3.05, 3.63) is 53.0 Å². The third-order valence-electron chi connectivity index (χ3n) is 4.66. The fourth-order valence-corrected chi connectivity index (χ4v) is 4.03. The largest absolute Gasteiger partial charge is 0.325 e. The number of nitrogens with zero attached hydrogens (tertiary/aromatic N) is 2. The van der Waals surface area contributed by atoms with Gasteiger partial charge in [-0.1, -0.05) is 24.6 Å². The molecule has 0 bridgehead atoms. The smallest absolute Gasteiger partial charge is 0.237 e. The van der Waals surface area contributed by atoms with E-state index in [4.69, 9.17) is 4.98 Å². The standard InChI is InChI=1S/C21H22FN3OS/c1-14(20(26)24-18-10-8-17(22)9-11-18)27-21-16(13-23)12-15-6-4-2-3-5-7-19(15)25-21/h8-12,14H,2-7H2,1H3,(H,24,26). The van der Waals surface area contributed by atoms with Crippen LogP contribution in [0.3, 0.4) is 0 Å². The number of halogens is 1. The molecule has 0 radical (unpaired) electrons. The molecule has 1 heterocycles. The summed E-state index contributed by atoms with van der Waals surface area (Å²) in [5.74, 6) is -0.553. The van der Waals surface area contributed by atoms with Crippen LogP contribution in [0.4, 0.5) is 10.1 Å². The quantitative estimate of drug-likeness (QED) is 0.765. The maximum atomic E-state index is 13.0. The van der Waals surface area contributed by atoms with Crippen molar-refractivity contribution in [2.45, 2.75) is 55.7 Å². The van der Waals surface area contributed by atoms with Crippen LogP contribution in [0, 0.1) is 17.1 Å². The van der Waals surface area contributed by atoms with Crippen LogP contribution in [0.1, 0.15) is 49.4 Å². The Bertz CT molecular complexity index is 861. The summed E-state index contributed by atoms with van der Waals surface area (Å²) in [5, 5.41) is 12.5. The number of aryl methyl sites for hydroxylation is 2. The van der Waals surface area contributed by atoms with Gasteiger partial charge >= 0.3 is 0 Å². The van der Waals surface area contributed by atoms with Crippen LogP contribution < -0.4 is 5.32 Å². The number of hydrogen-bond donors (Lipinski definition) is 1. The van der Waals surface area contributed by atoms with Crippen LogP contribution in [-0.4, -0.2) is 16.1 Å². The second-order valence-electron chi connectivity index (χ2n) is 6.73. The third-order valence-corrected chi connectivity index (χ3v) is 5.76. The predicted molar refractivity (Wildman–Crippen MR) is 105 cm³/mol. The van der Waals surface area contributed by atoms with E-state index in [9.17, 15) is 14.4 Å². The molecule has 6 heteroatoms. The molecule has 0 fully saturated rings.